The third-order valence-electron chi connectivity index (χ3n) is 6.16. The van der Waals surface area contributed by atoms with E-state index in [2.05, 4.69) is 0 Å². The number of hydrogen-bond donors (Lipinski definition) is 0. The molecule has 0 aliphatic carbocycles. The highest BCUT2D eigenvalue weighted by molar-refractivity contribution is 7.84. The second-order valence-electron chi connectivity index (χ2n) is 8.56. The standard InChI is InChI=1S/C30H31NO7S/c1-34-27-16-12-24(29(18-27)36-3)20-31(21-25-13-17-28(35-2)19-30(25)37-4)39(32,33)38-26-14-10-23(11-15-26)22-8-6-5-7-9-22/h5-19H,20-21H2,1-4H3. The summed E-state index contributed by atoms with van der Waals surface area (Å²) in [7, 11) is 1.88. The lowest BCUT2D eigenvalue weighted by Gasteiger charge is -2.24. The maximum Gasteiger partial charge on any atom is 0.385 e. The Balaban J connectivity index is 1.66. The summed E-state index contributed by atoms with van der Waals surface area (Å²) >= 11 is 0. The van der Waals surface area contributed by atoms with Gasteiger partial charge in [0.15, 0.2) is 0 Å². The Morgan fingerprint density at radius 1 is 0.564 bits per heavy atom. The molecule has 0 atom stereocenters. The first-order chi connectivity index (χ1) is 18.9. The predicted molar refractivity (Wildman–Crippen MR) is 150 cm³/mol. The SMILES string of the molecule is COc1ccc(CN(Cc2ccc(OC)cc2OC)S(=O)(=O)Oc2ccc(-c3ccccc3)cc2)c(OC)c1. The van der Waals surface area contributed by atoms with Gasteiger partial charge in [-0.2, -0.15) is 12.7 Å². The second-order valence-corrected chi connectivity index (χ2v) is 10.1. The molecule has 8 nitrogen and oxygen atoms in total. The van der Waals surface area contributed by atoms with Crippen LogP contribution < -0.4 is 23.1 Å². The largest absolute Gasteiger partial charge is 0.497 e. The summed E-state index contributed by atoms with van der Waals surface area (Å²) in [5.41, 5.74) is 3.24. The van der Waals surface area contributed by atoms with Crippen molar-refractivity contribution >= 4 is 10.3 Å². The summed E-state index contributed by atoms with van der Waals surface area (Å²) in [6, 6.07) is 27.2. The van der Waals surface area contributed by atoms with Gasteiger partial charge in [0.1, 0.15) is 28.7 Å². The lowest BCUT2D eigenvalue weighted by atomic mass is 10.1. The molecule has 4 aromatic rings. The summed E-state index contributed by atoms with van der Waals surface area (Å²) in [6.07, 6.45) is 0. The van der Waals surface area contributed by atoms with Gasteiger partial charge in [-0.25, -0.2) is 0 Å². The van der Waals surface area contributed by atoms with Gasteiger partial charge in [0.25, 0.3) is 0 Å². The van der Waals surface area contributed by atoms with E-state index >= 15 is 0 Å². The zero-order valence-electron chi connectivity index (χ0n) is 22.3. The Kier molecular flexibility index (Phi) is 8.96. The molecule has 0 fully saturated rings. The van der Waals surface area contributed by atoms with Gasteiger partial charge in [-0.1, -0.05) is 54.6 Å². The van der Waals surface area contributed by atoms with Crippen molar-refractivity contribution in [1.29, 1.82) is 0 Å². The molecule has 0 saturated carbocycles. The highest BCUT2D eigenvalue weighted by Crippen LogP contribution is 2.31. The van der Waals surface area contributed by atoms with Crippen LogP contribution in [0.4, 0.5) is 0 Å². The third kappa shape index (κ3) is 6.81. The number of methoxy groups -OCH3 is 4. The molecule has 0 aromatic heterocycles. The summed E-state index contributed by atoms with van der Waals surface area (Å²) in [6.45, 7) is -0.0421. The van der Waals surface area contributed by atoms with Crippen LogP contribution in [0.15, 0.2) is 91.0 Å². The summed E-state index contributed by atoms with van der Waals surface area (Å²) in [4.78, 5) is 0. The molecule has 0 radical (unpaired) electrons. The van der Waals surface area contributed by atoms with Gasteiger partial charge in [0.05, 0.1) is 28.4 Å². The van der Waals surface area contributed by atoms with Crippen LogP contribution in [-0.2, 0) is 23.4 Å². The summed E-state index contributed by atoms with van der Waals surface area (Å²) < 4.78 is 55.8. The van der Waals surface area contributed by atoms with Crippen molar-refractivity contribution in [2.75, 3.05) is 28.4 Å². The number of ether oxygens (including phenoxy) is 4. The first-order valence-corrected chi connectivity index (χ1v) is 13.5. The molecule has 204 valence electrons. The summed E-state index contributed by atoms with van der Waals surface area (Å²) in [5, 5.41) is 0. The van der Waals surface area contributed by atoms with Gasteiger partial charge in [0, 0.05) is 36.3 Å². The van der Waals surface area contributed by atoms with Gasteiger partial charge >= 0.3 is 10.3 Å². The molecular formula is C30H31NO7S. The monoisotopic (exact) mass is 549 g/mol. The average molecular weight is 550 g/mol. The van der Waals surface area contributed by atoms with E-state index in [0.29, 0.717) is 34.1 Å². The van der Waals surface area contributed by atoms with Crippen molar-refractivity contribution in [3.8, 4) is 39.9 Å². The molecule has 0 amide bonds. The molecule has 39 heavy (non-hydrogen) atoms. The van der Waals surface area contributed by atoms with Crippen molar-refractivity contribution in [2.24, 2.45) is 0 Å². The first-order valence-electron chi connectivity index (χ1n) is 12.1. The highest BCUT2D eigenvalue weighted by Gasteiger charge is 2.28. The molecule has 0 aliphatic heterocycles. The zero-order valence-corrected chi connectivity index (χ0v) is 23.1. The lowest BCUT2D eigenvalue weighted by Crippen LogP contribution is -2.34. The maximum atomic E-state index is 13.7. The molecule has 0 saturated heterocycles. The van der Waals surface area contributed by atoms with E-state index in [0.717, 1.165) is 11.1 Å². The van der Waals surface area contributed by atoms with Crippen LogP contribution in [-0.4, -0.2) is 41.2 Å². The van der Waals surface area contributed by atoms with Gasteiger partial charge < -0.3 is 23.1 Å². The number of hydrogen-bond acceptors (Lipinski definition) is 7. The van der Waals surface area contributed by atoms with E-state index in [4.69, 9.17) is 23.1 Å². The quantitative estimate of drug-likeness (QED) is 0.224. The van der Waals surface area contributed by atoms with E-state index in [1.165, 1.54) is 18.5 Å². The molecule has 0 unspecified atom stereocenters. The van der Waals surface area contributed by atoms with Crippen LogP contribution in [0.3, 0.4) is 0 Å². The normalized spacial score (nSPS) is 11.2. The van der Waals surface area contributed by atoms with Crippen molar-refractivity contribution in [3.05, 3.63) is 102 Å². The van der Waals surface area contributed by atoms with Crippen LogP contribution in [0.1, 0.15) is 11.1 Å². The molecule has 0 N–H and O–H groups in total. The molecule has 0 spiro atoms. The second kappa shape index (κ2) is 12.6. The third-order valence-corrected chi connectivity index (χ3v) is 7.45. The van der Waals surface area contributed by atoms with E-state index in [9.17, 15) is 8.42 Å². The van der Waals surface area contributed by atoms with Crippen molar-refractivity contribution < 1.29 is 31.5 Å². The number of rotatable bonds is 12. The van der Waals surface area contributed by atoms with Crippen molar-refractivity contribution in [1.82, 2.24) is 4.31 Å². The molecule has 0 heterocycles. The van der Waals surface area contributed by atoms with Gasteiger partial charge in [-0.05, 0) is 35.4 Å². The fourth-order valence-corrected chi connectivity index (χ4v) is 5.12. The lowest BCUT2D eigenvalue weighted by molar-refractivity contribution is 0.329. The average Bonchev–Trinajstić information content (AvgIpc) is 2.97. The van der Waals surface area contributed by atoms with Gasteiger partial charge in [-0.15, -0.1) is 0 Å². The molecule has 4 rings (SSSR count). The van der Waals surface area contributed by atoms with Gasteiger partial charge in [0.2, 0.25) is 0 Å². The van der Waals surface area contributed by atoms with Crippen LogP contribution in [0, 0.1) is 0 Å². The van der Waals surface area contributed by atoms with Crippen LogP contribution in [0.2, 0.25) is 0 Å². The predicted octanol–water partition coefficient (Wildman–Crippen LogP) is 5.71. The minimum atomic E-state index is -4.27. The Morgan fingerprint density at radius 3 is 1.49 bits per heavy atom. The Morgan fingerprint density at radius 2 is 1.03 bits per heavy atom. The van der Waals surface area contributed by atoms with Crippen LogP contribution >= 0.6 is 0 Å². The molecule has 9 heteroatoms. The Labute approximate surface area is 229 Å². The highest BCUT2D eigenvalue weighted by atomic mass is 32.2. The Bertz CT molecular complexity index is 1430. The smallest absolute Gasteiger partial charge is 0.385 e. The molecule has 4 aromatic carbocycles. The fourth-order valence-electron chi connectivity index (χ4n) is 4.07. The summed E-state index contributed by atoms with van der Waals surface area (Å²) in [5.74, 6) is 2.36. The fraction of sp³-hybridized carbons (Fsp3) is 0.200. The zero-order chi connectivity index (χ0) is 27.8. The topological polar surface area (TPSA) is 83.5 Å². The molecule has 0 bridgehead atoms. The van der Waals surface area contributed by atoms with Gasteiger partial charge in [-0.3, -0.25) is 0 Å². The molecule has 0 aliphatic rings. The van der Waals surface area contributed by atoms with E-state index in [1.54, 1.807) is 62.8 Å². The maximum absolute atomic E-state index is 13.7. The number of nitrogens with zero attached hydrogens (tertiary/aromatic N) is 1. The molecular weight excluding hydrogens is 518 g/mol. The van der Waals surface area contributed by atoms with E-state index in [1.807, 2.05) is 42.5 Å². The Hall–Kier alpha value is -4.21. The van der Waals surface area contributed by atoms with Crippen molar-refractivity contribution in [3.63, 3.8) is 0 Å². The van der Waals surface area contributed by atoms with Crippen molar-refractivity contribution in [2.45, 2.75) is 13.1 Å². The van der Waals surface area contributed by atoms with Crippen LogP contribution in [0.5, 0.6) is 28.7 Å². The number of benzene rings is 4. The van der Waals surface area contributed by atoms with E-state index in [-0.39, 0.29) is 18.8 Å². The first kappa shape index (κ1) is 27.8. The van der Waals surface area contributed by atoms with E-state index < -0.39 is 10.3 Å². The minimum absolute atomic E-state index is 0.0210. The van der Waals surface area contributed by atoms with Crippen LogP contribution in [0.25, 0.3) is 11.1 Å². The minimum Gasteiger partial charge on any atom is -0.497 e.